The van der Waals surface area contributed by atoms with E-state index < -0.39 is 15.0 Å². The van der Waals surface area contributed by atoms with Crippen LogP contribution >= 0.6 is 23.2 Å². The molecule has 4 nitrogen and oxygen atoms in total. The predicted octanol–water partition coefficient (Wildman–Crippen LogP) is -0.439. The second-order valence-corrected chi connectivity index (χ2v) is 5.80. The van der Waals surface area contributed by atoms with E-state index in [2.05, 4.69) is 0 Å². The van der Waals surface area contributed by atoms with E-state index in [1.165, 1.54) is 0 Å². The summed E-state index contributed by atoms with van der Waals surface area (Å²) in [6.07, 6.45) is 0. The van der Waals surface area contributed by atoms with Gasteiger partial charge in [0.1, 0.15) is 0 Å². The Morgan fingerprint density at radius 1 is 0.733 bits per heavy atom. The van der Waals surface area contributed by atoms with Gasteiger partial charge < -0.3 is 0 Å². The van der Waals surface area contributed by atoms with E-state index in [1.54, 1.807) is 0 Å². The van der Waals surface area contributed by atoms with Gasteiger partial charge in [0, 0.05) is 0 Å². The normalized spacial score (nSPS) is 14.8. The molecule has 0 aliphatic rings. The zero-order chi connectivity index (χ0) is 11.8. The fraction of sp³-hybridized carbons (Fsp3) is 0.500. The first-order valence-electron chi connectivity index (χ1n) is 3.97. The molecule has 0 saturated heterocycles. The Kier molecular flexibility index (Phi) is 8.80. The van der Waals surface area contributed by atoms with Crippen LogP contribution in [0.25, 0.3) is 0 Å². The molecule has 0 heterocycles. The van der Waals surface area contributed by atoms with E-state index in [-0.39, 0.29) is 36.5 Å². The number of halogens is 2. The minimum absolute atomic E-state index is 0.144. The molecular weight excluding hydrogens is 310 g/mol. The Hall–Kier alpha value is 0.419. The van der Waals surface area contributed by atoms with Crippen molar-refractivity contribution in [2.75, 3.05) is 26.4 Å². The van der Waals surface area contributed by atoms with E-state index in [0.29, 0.717) is 8.94 Å². The van der Waals surface area contributed by atoms with Gasteiger partial charge in [0.25, 0.3) is 0 Å². The van der Waals surface area contributed by atoms with Gasteiger partial charge in [-0.2, -0.15) is 0 Å². The Labute approximate surface area is 104 Å². The fourth-order valence-corrected chi connectivity index (χ4v) is 2.82. The van der Waals surface area contributed by atoms with Crippen molar-refractivity contribution in [3.63, 3.8) is 0 Å². The molecule has 0 atom stereocenters. The van der Waals surface area contributed by atoms with Gasteiger partial charge in [0.15, 0.2) is 0 Å². The molecule has 0 aromatic carbocycles. The summed E-state index contributed by atoms with van der Waals surface area (Å²) >= 11 is 10.8. The molecule has 15 heavy (non-hydrogen) atoms. The molecule has 88 valence electrons. The van der Waals surface area contributed by atoms with Crippen LogP contribution in [0, 0.1) is 0 Å². The summed E-state index contributed by atoms with van der Waals surface area (Å²) in [7, 11) is 0. The van der Waals surface area contributed by atoms with Gasteiger partial charge in [0.05, 0.1) is 0 Å². The van der Waals surface area contributed by atoms with E-state index in [0.717, 1.165) is 0 Å². The summed E-state index contributed by atoms with van der Waals surface area (Å²) in [6, 6.07) is 0. The molecule has 0 bridgehead atoms. The predicted molar refractivity (Wildman–Crippen MR) is 59.9 cm³/mol. The fourth-order valence-electron chi connectivity index (χ4n) is 0.672. The van der Waals surface area contributed by atoms with Crippen molar-refractivity contribution in [3.8, 4) is 0 Å². The van der Waals surface area contributed by atoms with Crippen LogP contribution in [0.3, 0.4) is 0 Å². The Bertz CT molecular complexity index is 239. The number of hydrogen-bond donors (Lipinski definition) is 4. The van der Waals surface area contributed by atoms with E-state index in [4.69, 9.17) is 43.6 Å². The summed E-state index contributed by atoms with van der Waals surface area (Å²) < 4.78 is 0.865. The maximum atomic E-state index is 8.98. The summed E-state index contributed by atoms with van der Waals surface area (Å²) in [5.74, 6) is 0. The Morgan fingerprint density at radius 3 is 1.27 bits per heavy atom. The molecule has 0 aromatic rings. The third kappa shape index (κ3) is 5.33. The van der Waals surface area contributed by atoms with E-state index in [1.807, 2.05) is 0 Å². The van der Waals surface area contributed by atoms with E-state index in [9.17, 15) is 0 Å². The van der Waals surface area contributed by atoms with Crippen LogP contribution in [0.15, 0.2) is 19.0 Å². The summed E-state index contributed by atoms with van der Waals surface area (Å²) in [4.78, 5) is 0. The van der Waals surface area contributed by atoms with Crippen LogP contribution in [0.2, 0.25) is 0 Å². The molecule has 0 aliphatic carbocycles. The quantitative estimate of drug-likeness (QED) is 0.500. The van der Waals surface area contributed by atoms with Gasteiger partial charge in [-0.15, -0.1) is 0 Å². The molecule has 0 aliphatic heterocycles. The number of hydrogen-bond acceptors (Lipinski definition) is 4. The van der Waals surface area contributed by atoms with Gasteiger partial charge >= 0.3 is 104 Å². The zero-order valence-corrected chi connectivity index (χ0v) is 11.0. The van der Waals surface area contributed by atoms with Gasteiger partial charge in [0.2, 0.25) is 0 Å². The monoisotopic (exact) mass is 322 g/mol. The van der Waals surface area contributed by atoms with Gasteiger partial charge in [-0.1, -0.05) is 0 Å². The summed E-state index contributed by atoms with van der Waals surface area (Å²) in [5.41, 5.74) is 0. The molecule has 0 amide bonds. The molecule has 0 spiro atoms. The average Bonchev–Trinajstić information content (AvgIpc) is 2.28. The first-order valence-corrected chi connectivity index (χ1v) is 6.43. The molecule has 0 unspecified atom stereocenters. The molecule has 0 rings (SSSR count). The molecule has 4 N–H and O–H groups in total. The van der Waals surface area contributed by atoms with Crippen molar-refractivity contribution in [3.05, 3.63) is 19.0 Å². The van der Waals surface area contributed by atoms with Gasteiger partial charge in [-0.05, 0) is 0 Å². The third-order valence-corrected chi connectivity index (χ3v) is 5.23. The molecular formula is C8H12Cl2O4Se. The molecule has 0 radical (unpaired) electrons. The number of rotatable bonds is 6. The van der Waals surface area contributed by atoms with Crippen molar-refractivity contribution < 1.29 is 20.4 Å². The summed E-state index contributed by atoms with van der Waals surface area (Å²) in [5, 5.41) is 35.8. The second kappa shape index (κ2) is 8.56. The summed E-state index contributed by atoms with van der Waals surface area (Å²) in [6.45, 7) is -1.35. The van der Waals surface area contributed by atoms with Crippen molar-refractivity contribution in [1.82, 2.24) is 0 Å². The van der Waals surface area contributed by atoms with Crippen LogP contribution < -0.4 is 0 Å². The molecule has 0 saturated carbocycles. The first kappa shape index (κ1) is 15.4. The minimum atomic E-state index is -0.469. The molecule has 0 fully saturated rings. The Balaban J connectivity index is 4.82. The standard InChI is InChI=1S/C8H12Cl2O4Se/c9-5(1-11)7(3-13)15-8(4-14)6(10)2-12/h11-14H,1-4H2/b7-5-,8-6-. The van der Waals surface area contributed by atoms with Crippen LogP contribution in [0.5, 0.6) is 0 Å². The van der Waals surface area contributed by atoms with Crippen molar-refractivity contribution in [1.29, 1.82) is 0 Å². The second-order valence-electron chi connectivity index (χ2n) is 2.39. The first-order chi connectivity index (χ1) is 7.10. The van der Waals surface area contributed by atoms with Crippen LogP contribution in [0.1, 0.15) is 0 Å². The van der Waals surface area contributed by atoms with Gasteiger partial charge in [-0.25, -0.2) is 0 Å². The van der Waals surface area contributed by atoms with Crippen molar-refractivity contribution in [2.24, 2.45) is 0 Å². The van der Waals surface area contributed by atoms with Crippen LogP contribution in [-0.2, 0) is 0 Å². The van der Waals surface area contributed by atoms with E-state index >= 15 is 0 Å². The average molecular weight is 322 g/mol. The number of aliphatic hydroxyl groups is 4. The topological polar surface area (TPSA) is 80.9 Å². The maximum absolute atomic E-state index is 8.98. The third-order valence-electron chi connectivity index (χ3n) is 1.42. The Morgan fingerprint density at radius 2 is 1.07 bits per heavy atom. The van der Waals surface area contributed by atoms with Crippen LogP contribution in [0.4, 0.5) is 0 Å². The van der Waals surface area contributed by atoms with Crippen molar-refractivity contribution in [2.45, 2.75) is 0 Å². The van der Waals surface area contributed by atoms with Gasteiger partial charge in [-0.3, -0.25) is 0 Å². The number of aliphatic hydroxyl groups excluding tert-OH is 4. The molecule has 7 heteroatoms. The van der Waals surface area contributed by atoms with Crippen LogP contribution in [-0.4, -0.2) is 61.8 Å². The SMILES string of the molecule is OC/C(Cl)=C(\CO)[Se]/C(CO)=C(\Cl)CO. The zero-order valence-electron chi connectivity index (χ0n) is 7.78. The van der Waals surface area contributed by atoms with Crippen molar-refractivity contribution >= 4 is 38.2 Å². The molecule has 0 aromatic heterocycles.